The van der Waals surface area contributed by atoms with Gasteiger partial charge < -0.3 is 14.9 Å². The van der Waals surface area contributed by atoms with Gasteiger partial charge in [-0.15, -0.1) is 0 Å². The molecule has 4 nitrogen and oxygen atoms in total. The van der Waals surface area contributed by atoms with Crippen molar-refractivity contribution in [1.29, 1.82) is 0 Å². The zero-order chi connectivity index (χ0) is 11.8. The monoisotopic (exact) mass is 226 g/mol. The van der Waals surface area contributed by atoms with E-state index >= 15 is 0 Å². The second kappa shape index (κ2) is 4.34. The zero-order valence-electron chi connectivity index (χ0n) is 10.3. The van der Waals surface area contributed by atoms with E-state index in [4.69, 9.17) is 0 Å². The normalized spacial score (nSPS) is 31.1. The quantitative estimate of drug-likeness (QED) is 0.737. The number of likely N-dealkylation sites (tertiary alicyclic amines) is 2. The van der Waals surface area contributed by atoms with Crippen LogP contribution in [0.1, 0.15) is 26.2 Å². The highest BCUT2D eigenvalue weighted by Crippen LogP contribution is 2.32. The van der Waals surface area contributed by atoms with Crippen molar-refractivity contribution in [2.75, 3.05) is 33.2 Å². The fourth-order valence-electron chi connectivity index (χ4n) is 2.68. The van der Waals surface area contributed by atoms with Crippen LogP contribution in [0.15, 0.2) is 0 Å². The topological polar surface area (TPSA) is 43.8 Å². The Kier molecular flexibility index (Phi) is 3.22. The van der Waals surface area contributed by atoms with E-state index in [1.165, 1.54) is 0 Å². The summed E-state index contributed by atoms with van der Waals surface area (Å²) in [5.41, 5.74) is 0.242. The van der Waals surface area contributed by atoms with E-state index in [9.17, 15) is 9.90 Å². The van der Waals surface area contributed by atoms with Gasteiger partial charge >= 0.3 is 0 Å². The summed E-state index contributed by atoms with van der Waals surface area (Å²) >= 11 is 0. The van der Waals surface area contributed by atoms with E-state index in [1.54, 1.807) is 0 Å². The van der Waals surface area contributed by atoms with E-state index in [0.717, 1.165) is 32.5 Å². The van der Waals surface area contributed by atoms with Crippen molar-refractivity contribution in [3.8, 4) is 0 Å². The van der Waals surface area contributed by atoms with Gasteiger partial charge in [0.2, 0.25) is 5.91 Å². The van der Waals surface area contributed by atoms with Gasteiger partial charge in [0.15, 0.2) is 0 Å². The molecule has 0 aromatic rings. The molecular formula is C12H22N2O2. The summed E-state index contributed by atoms with van der Waals surface area (Å²) in [5, 5.41) is 9.45. The van der Waals surface area contributed by atoms with Crippen LogP contribution in [0.2, 0.25) is 0 Å². The van der Waals surface area contributed by atoms with Crippen LogP contribution in [-0.4, -0.2) is 60.1 Å². The third kappa shape index (κ3) is 2.55. The molecule has 0 aromatic heterocycles. The van der Waals surface area contributed by atoms with E-state index in [0.29, 0.717) is 13.0 Å². The number of carbonyl (C=O) groups is 1. The van der Waals surface area contributed by atoms with E-state index in [2.05, 4.69) is 18.9 Å². The molecule has 2 aliphatic rings. The van der Waals surface area contributed by atoms with Crippen molar-refractivity contribution < 1.29 is 9.90 Å². The maximum Gasteiger partial charge on any atom is 0.225 e. The highest BCUT2D eigenvalue weighted by Gasteiger charge is 2.36. The van der Waals surface area contributed by atoms with Crippen molar-refractivity contribution in [1.82, 2.24) is 9.80 Å². The van der Waals surface area contributed by atoms with Gasteiger partial charge in [-0.3, -0.25) is 4.79 Å². The molecule has 2 heterocycles. The van der Waals surface area contributed by atoms with Crippen LogP contribution in [0.25, 0.3) is 0 Å². The van der Waals surface area contributed by atoms with Crippen LogP contribution < -0.4 is 0 Å². The molecule has 2 fully saturated rings. The summed E-state index contributed by atoms with van der Waals surface area (Å²) < 4.78 is 0. The van der Waals surface area contributed by atoms with Gasteiger partial charge in [-0.2, -0.15) is 0 Å². The Morgan fingerprint density at radius 2 is 2.06 bits per heavy atom. The van der Waals surface area contributed by atoms with E-state index in [1.807, 2.05) is 4.90 Å². The molecule has 1 atom stereocenters. The Labute approximate surface area is 97.2 Å². The second-order valence-corrected chi connectivity index (χ2v) is 5.75. The molecule has 16 heavy (non-hydrogen) atoms. The predicted molar refractivity (Wildman–Crippen MR) is 62.0 cm³/mol. The number of β-amino-alcohol motifs (C(OH)–C–C–N with tert-alkyl or cyclic N) is 1. The fourth-order valence-corrected chi connectivity index (χ4v) is 2.68. The third-order valence-electron chi connectivity index (χ3n) is 3.96. The average Bonchev–Trinajstić information content (AvgIpc) is 2.51. The van der Waals surface area contributed by atoms with Crippen LogP contribution >= 0.6 is 0 Å². The highest BCUT2D eigenvalue weighted by atomic mass is 16.3. The van der Waals surface area contributed by atoms with Crippen molar-refractivity contribution in [2.24, 2.45) is 5.41 Å². The Bertz CT molecular complexity index is 272. The van der Waals surface area contributed by atoms with Crippen LogP contribution in [-0.2, 0) is 4.79 Å². The second-order valence-electron chi connectivity index (χ2n) is 5.75. The standard InChI is InChI=1S/C12H22N2O2/c1-12(3-5-13(2)6-4-12)9-14-8-10(15)7-11(14)16/h10,15H,3-9H2,1-2H3. The van der Waals surface area contributed by atoms with Gasteiger partial charge in [-0.1, -0.05) is 6.92 Å². The molecule has 2 saturated heterocycles. The minimum atomic E-state index is -0.442. The summed E-state index contributed by atoms with van der Waals surface area (Å²) in [6, 6.07) is 0. The number of piperidine rings is 1. The smallest absolute Gasteiger partial charge is 0.225 e. The lowest BCUT2D eigenvalue weighted by molar-refractivity contribution is -0.129. The van der Waals surface area contributed by atoms with Crippen LogP contribution in [0.5, 0.6) is 0 Å². The fraction of sp³-hybridized carbons (Fsp3) is 0.917. The van der Waals surface area contributed by atoms with Gasteiger partial charge in [0, 0.05) is 13.1 Å². The minimum Gasteiger partial charge on any atom is -0.391 e. The Balaban J connectivity index is 1.91. The first kappa shape index (κ1) is 11.9. The number of aliphatic hydroxyl groups excluding tert-OH is 1. The maximum atomic E-state index is 11.6. The lowest BCUT2D eigenvalue weighted by Gasteiger charge is -2.40. The zero-order valence-corrected chi connectivity index (χ0v) is 10.3. The van der Waals surface area contributed by atoms with Crippen LogP contribution in [0.4, 0.5) is 0 Å². The van der Waals surface area contributed by atoms with Crippen molar-refractivity contribution >= 4 is 5.91 Å². The lowest BCUT2D eigenvalue weighted by atomic mass is 9.80. The van der Waals surface area contributed by atoms with E-state index in [-0.39, 0.29) is 11.3 Å². The first-order chi connectivity index (χ1) is 7.48. The van der Waals surface area contributed by atoms with E-state index < -0.39 is 6.10 Å². The van der Waals surface area contributed by atoms with Gasteiger partial charge in [-0.25, -0.2) is 0 Å². The van der Waals surface area contributed by atoms with Crippen molar-refractivity contribution in [3.05, 3.63) is 0 Å². The summed E-state index contributed by atoms with van der Waals surface area (Å²) in [7, 11) is 2.14. The number of hydrogen-bond donors (Lipinski definition) is 1. The molecule has 2 aliphatic heterocycles. The van der Waals surface area contributed by atoms with Crippen molar-refractivity contribution in [3.63, 3.8) is 0 Å². The lowest BCUT2D eigenvalue weighted by Crippen LogP contribution is -2.44. The summed E-state index contributed by atoms with van der Waals surface area (Å²) in [5.74, 6) is 0.118. The number of hydrogen-bond acceptors (Lipinski definition) is 3. The largest absolute Gasteiger partial charge is 0.391 e. The first-order valence-electron chi connectivity index (χ1n) is 6.13. The van der Waals surface area contributed by atoms with Crippen molar-refractivity contribution in [2.45, 2.75) is 32.3 Å². The number of carbonyl (C=O) groups excluding carboxylic acids is 1. The SMILES string of the molecule is CN1CCC(C)(CN2CC(O)CC2=O)CC1. The molecule has 0 aliphatic carbocycles. The third-order valence-corrected chi connectivity index (χ3v) is 3.96. The molecule has 0 aromatic carbocycles. The summed E-state index contributed by atoms with van der Waals surface area (Å²) in [4.78, 5) is 15.8. The molecule has 1 amide bonds. The number of aliphatic hydroxyl groups is 1. The molecule has 0 saturated carbocycles. The van der Waals surface area contributed by atoms with Gasteiger partial charge in [0.1, 0.15) is 0 Å². The van der Waals surface area contributed by atoms with Gasteiger partial charge in [-0.05, 0) is 38.4 Å². The maximum absolute atomic E-state index is 11.6. The Morgan fingerprint density at radius 3 is 2.56 bits per heavy atom. The van der Waals surface area contributed by atoms with Gasteiger partial charge in [0.25, 0.3) is 0 Å². The van der Waals surface area contributed by atoms with Gasteiger partial charge in [0.05, 0.1) is 12.5 Å². The molecule has 1 unspecified atom stereocenters. The molecule has 4 heteroatoms. The number of rotatable bonds is 2. The number of nitrogens with zero attached hydrogens (tertiary/aromatic N) is 2. The molecule has 92 valence electrons. The minimum absolute atomic E-state index is 0.118. The first-order valence-corrected chi connectivity index (χ1v) is 6.13. The molecule has 2 rings (SSSR count). The Morgan fingerprint density at radius 1 is 1.44 bits per heavy atom. The molecule has 0 spiro atoms. The average molecular weight is 226 g/mol. The number of amides is 1. The molecule has 0 bridgehead atoms. The van der Waals surface area contributed by atoms with Crippen LogP contribution in [0.3, 0.4) is 0 Å². The Hall–Kier alpha value is -0.610. The predicted octanol–water partition coefficient (Wildman–Crippen LogP) is 0.311. The molecular weight excluding hydrogens is 204 g/mol. The van der Waals surface area contributed by atoms with Crippen LogP contribution in [0, 0.1) is 5.41 Å². The summed E-state index contributed by atoms with van der Waals surface area (Å²) in [6.07, 6.45) is 2.16. The highest BCUT2D eigenvalue weighted by molar-refractivity contribution is 5.79. The molecule has 0 radical (unpaired) electrons. The summed E-state index contributed by atoms with van der Waals surface area (Å²) in [6.45, 7) is 5.83. The molecule has 1 N–H and O–H groups in total.